The summed E-state index contributed by atoms with van der Waals surface area (Å²) in [4.78, 5) is 0.448. The molecule has 116 valence electrons. The van der Waals surface area contributed by atoms with Crippen LogP contribution in [0.25, 0.3) is 0 Å². The maximum atomic E-state index is 12.8. The SMILES string of the molecule is CN(CC1CC(O)C1)S(=O)(=O)c1cccc2c1CCNC2. The van der Waals surface area contributed by atoms with Gasteiger partial charge in [0.15, 0.2) is 0 Å². The van der Waals surface area contributed by atoms with Gasteiger partial charge in [0, 0.05) is 20.1 Å². The van der Waals surface area contributed by atoms with Gasteiger partial charge in [0.1, 0.15) is 0 Å². The second-order valence-corrected chi connectivity index (χ2v) is 8.11. The number of benzene rings is 1. The maximum absolute atomic E-state index is 12.8. The Morgan fingerprint density at radius 3 is 2.86 bits per heavy atom. The largest absolute Gasteiger partial charge is 0.393 e. The lowest BCUT2D eigenvalue weighted by Gasteiger charge is -2.34. The smallest absolute Gasteiger partial charge is 0.243 e. The van der Waals surface area contributed by atoms with Crippen LogP contribution >= 0.6 is 0 Å². The van der Waals surface area contributed by atoms with Crippen molar-refractivity contribution in [2.75, 3.05) is 20.1 Å². The third-order valence-electron chi connectivity index (χ3n) is 4.51. The molecule has 6 heteroatoms. The summed E-state index contributed by atoms with van der Waals surface area (Å²) in [5, 5.41) is 12.6. The first-order valence-electron chi connectivity index (χ1n) is 7.44. The predicted molar refractivity (Wildman–Crippen MR) is 80.4 cm³/mol. The van der Waals surface area contributed by atoms with Gasteiger partial charge in [-0.25, -0.2) is 12.7 Å². The van der Waals surface area contributed by atoms with Gasteiger partial charge in [0.2, 0.25) is 10.0 Å². The number of fused-ring (bicyclic) bond motifs is 1. The zero-order chi connectivity index (χ0) is 15.0. The quantitative estimate of drug-likeness (QED) is 0.860. The van der Waals surface area contributed by atoms with Crippen LogP contribution in [-0.2, 0) is 23.0 Å². The van der Waals surface area contributed by atoms with Gasteiger partial charge in [0.05, 0.1) is 11.0 Å². The zero-order valence-corrected chi connectivity index (χ0v) is 13.1. The Balaban J connectivity index is 1.84. The fraction of sp³-hybridized carbons (Fsp3) is 0.600. The van der Waals surface area contributed by atoms with E-state index in [0.717, 1.165) is 30.6 Å². The van der Waals surface area contributed by atoms with E-state index in [4.69, 9.17) is 0 Å². The number of sulfonamides is 1. The Labute approximate surface area is 126 Å². The molecular formula is C15H22N2O3S. The summed E-state index contributed by atoms with van der Waals surface area (Å²) in [5.74, 6) is 0.279. The Morgan fingerprint density at radius 2 is 2.14 bits per heavy atom. The Kier molecular flexibility index (Phi) is 4.05. The van der Waals surface area contributed by atoms with Gasteiger partial charge >= 0.3 is 0 Å². The molecule has 1 aliphatic carbocycles. The molecule has 0 atom stereocenters. The molecule has 0 amide bonds. The lowest BCUT2D eigenvalue weighted by molar-refractivity contribution is 0.0367. The zero-order valence-electron chi connectivity index (χ0n) is 12.2. The van der Waals surface area contributed by atoms with Crippen LogP contribution in [0.2, 0.25) is 0 Å². The molecule has 2 aliphatic rings. The standard InChI is InChI=1S/C15H22N2O3S/c1-17(10-11-7-13(18)8-11)21(19,20)15-4-2-3-12-9-16-6-5-14(12)15/h2-4,11,13,16,18H,5-10H2,1H3. The van der Waals surface area contributed by atoms with Gasteiger partial charge in [-0.2, -0.15) is 0 Å². The molecule has 2 N–H and O–H groups in total. The van der Waals surface area contributed by atoms with Crippen molar-refractivity contribution in [3.63, 3.8) is 0 Å². The second kappa shape index (κ2) is 5.68. The van der Waals surface area contributed by atoms with Crippen molar-refractivity contribution in [3.05, 3.63) is 29.3 Å². The van der Waals surface area contributed by atoms with Crippen LogP contribution in [0.1, 0.15) is 24.0 Å². The summed E-state index contributed by atoms with van der Waals surface area (Å²) >= 11 is 0. The van der Waals surface area contributed by atoms with Crippen molar-refractivity contribution in [1.82, 2.24) is 9.62 Å². The van der Waals surface area contributed by atoms with E-state index in [9.17, 15) is 13.5 Å². The predicted octanol–water partition coefficient (Wildman–Crippen LogP) is 0.724. The van der Waals surface area contributed by atoms with Crippen LogP contribution in [0.15, 0.2) is 23.1 Å². The van der Waals surface area contributed by atoms with Crippen LogP contribution in [0.5, 0.6) is 0 Å². The first kappa shape index (κ1) is 15.0. The molecule has 0 bridgehead atoms. The summed E-state index contributed by atoms with van der Waals surface area (Å²) in [6, 6.07) is 5.52. The lowest BCUT2D eigenvalue weighted by Crippen LogP contribution is -2.40. The van der Waals surface area contributed by atoms with E-state index < -0.39 is 10.0 Å². The van der Waals surface area contributed by atoms with Gasteiger partial charge < -0.3 is 10.4 Å². The summed E-state index contributed by atoms with van der Waals surface area (Å²) in [7, 11) is -1.81. The first-order valence-corrected chi connectivity index (χ1v) is 8.88. The third kappa shape index (κ3) is 2.85. The van der Waals surface area contributed by atoms with E-state index >= 15 is 0 Å². The van der Waals surface area contributed by atoms with Crippen LogP contribution in [0.4, 0.5) is 0 Å². The summed E-state index contributed by atoms with van der Waals surface area (Å²) in [6.07, 6.45) is 1.91. The summed E-state index contributed by atoms with van der Waals surface area (Å²) < 4.78 is 27.1. The number of rotatable bonds is 4. The average molecular weight is 310 g/mol. The maximum Gasteiger partial charge on any atom is 0.243 e. The van der Waals surface area contributed by atoms with E-state index in [1.165, 1.54) is 4.31 Å². The first-order chi connectivity index (χ1) is 9.98. The molecule has 0 spiro atoms. The van der Waals surface area contributed by atoms with Gasteiger partial charge in [-0.15, -0.1) is 0 Å². The number of aliphatic hydroxyl groups excluding tert-OH is 1. The summed E-state index contributed by atoms with van der Waals surface area (Å²) in [6.45, 7) is 2.04. The van der Waals surface area contributed by atoms with Gasteiger partial charge in [-0.1, -0.05) is 12.1 Å². The Morgan fingerprint density at radius 1 is 1.38 bits per heavy atom. The fourth-order valence-electron chi connectivity index (χ4n) is 3.22. The van der Waals surface area contributed by atoms with Crippen LogP contribution in [-0.4, -0.2) is 44.1 Å². The number of aliphatic hydroxyl groups is 1. The molecule has 0 radical (unpaired) electrons. The molecule has 0 saturated heterocycles. The van der Waals surface area contributed by atoms with Crippen molar-refractivity contribution >= 4 is 10.0 Å². The van der Waals surface area contributed by atoms with E-state index in [-0.39, 0.29) is 12.0 Å². The molecule has 1 heterocycles. The normalized spacial score (nSPS) is 25.5. The van der Waals surface area contributed by atoms with E-state index in [1.807, 2.05) is 12.1 Å². The van der Waals surface area contributed by atoms with E-state index in [2.05, 4.69) is 5.32 Å². The number of nitrogens with one attached hydrogen (secondary N) is 1. The van der Waals surface area contributed by atoms with Crippen molar-refractivity contribution < 1.29 is 13.5 Å². The van der Waals surface area contributed by atoms with Crippen molar-refractivity contribution in [1.29, 1.82) is 0 Å². The highest BCUT2D eigenvalue weighted by Gasteiger charge is 2.33. The molecule has 21 heavy (non-hydrogen) atoms. The average Bonchev–Trinajstić information content (AvgIpc) is 2.44. The van der Waals surface area contributed by atoms with Crippen LogP contribution in [0.3, 0.4) is 0 Å². The molecule has 5 nitrogen and oxygen atoms in total. The van der Waals surface area contributed by atoms with Gasteiger partial charge in [-0.3, -0.25) is 0 Å². The number of hydrogen-bond acceptors (Lipinski definition) is 4. The molecule has 1 aromatic carbocycles. The Hall–Kier alpha value is -0.950. The Bertz CT molecular complexity index is 624. The van der Waals surface area contributed by atoms with Crippen LogP contribution in [0, 0.1) is 5.92 Å². The minimum atomic E-state index is -3.45. The highest BCUT2D eigenvalue weighted by molar-refractivity contribution is 7.89. The van der Waals surface area contributed by atoms with Crippen LogP contribution < -0.4 is 5.32 Å². The van der Waals surface area contributed by atoms with Gasteiger partial charge in [0.25, 0.3) is 0 Å². The number of nitrogens with zero attached hydrogens (tertiary/aromatic N) is 1. The van der Waals surface area contributed by atoms with E-state index in [1.54, 1.807) is 13.1 Å². The molecule has 0 aromatic heterocycles. The monoisotopic (exact) mass is 310 g/mol. The topological polar surface area (TPSA) is 69.6 Å². The number of hydrogen-bond donors (Lipinski definition) is 2. The second-order valence-electron chi connectivity index (χ2n) is 6.10. The van der Waals surface area contributed by atoms with Gasteiger partial charge in [-0.05, 0) is 48.9 Å². The van der Waals surface area contributed by atoms with Crippen molar-refractivity contribution in [3.8, 4) is 0 Å². The fourth-order valence-corrected chi connectivity index (χ4v) is 4.76. The molecular weight excluding hydrogens is 288 g/mol. The molecule has 1 fully saturated rings. The molecule has 0 unspecified atom stereocenters. The minimum Gasteiger partial charge on any atom is -0.393 e. The molecule has 1 aliphatic heterocycles. The lowest BCUT2D eigenvalue weighted by atomic mass is 9.82. The van der Waals surface area contributed by atoms with Crippen molar-refractivity contribution in [2.24, 2.45) is 5.92 Å². The van der Waals surface area contributed by atoms with Crippen molar-refractivity contribution in [2.45, 2.75) is 36.8 Å². The highest BCUT2D eigenvalue weighted by atomic mass is 32.2. The van der Waals surface area contributed by atoms with E-state index in [0.29, 0.717) is 24.3 Å². The molecule has 1 aromatic rings. The molecule has 3 rings (SSSR count). The minimum absolute atomic E-state index is 0.248. The summed E-state index contributed by atoms with van der Waals surface area (Å²) in [5.41, 5.74) is 2.03. The molecule has 1 saturated carbocycles. The highest BCUT2D eigenvalue weighted by Crippen LogP contribution is 2.30. The third-order valence-corrected chi connectivity index (χ3v) is 6.42.